The number of rotatable bonds is 0. The first kappa shape index (κ1) is 6.62. The highest BCUT2D eigenvalue weighted by atomic mass is 15.1. The van der Waals surface area contributed by atoms with Gasteiger partial charge in [-0.3, -0.25) is 0 Å². The largest absolute Gasteiger partial charge is 0.316 e. The minimum absolute atomic E-state index is 0.613. The molecular weight excluding hydrogens is 124 g/mol. The molecule has 2 aliphatic heterocycles. The number of nitrogens with zero attached hydrogens (tertiary/aromatic N) is 1. The van der Waals surface area contributed by atoms with E-state index in [0.29, 0.717) is 5.41 Å². The number of hydrogen-bond acceptors (Lipinski definition) is 2. The van der Waals surface area contributed by atoms with Crippen molar-refractivity contribution >= 4 is 0 Å². The average Bonchev–Trinajstić information content (AvgIpc) is 2.46. The Bertz CT molecular complexity index is 127. The molecule has 1 spiro atoms. The molecule has 0 saturated carbocycles. The molecule has 2 saturated heterocycles. The highest BCUT2D eigenvalue weighted by Gasteiger charge is 2.38. The van der Waals surface area contributed by atoms with E-state index in [1.54, 1.807) is 0 Å². The summed E-state index contributed by atoms with van der Waals surface area (Å²) in [6.45, 7) is 4.84. The lowest BCUT2D eigenvalue weighted by atomic mass is 9.87. The Balaban J connectivity index is 2.03. The third-order valence-corrected chi connectivity index (χ3v) is 2.85. The molecule has 0 aliphatic carbocycles. The number of nitrogens with one attached hydrogen (secondary N) is 1. The van der Waals surface area contributed by atoms with Crippen LogP contribution in [0.25, 0.3) is 0 Å². The van der Waals surface area contributed by atoms with Gasteiger partial charge in [0.1, 0.15) is 0 Å². The zero-order valence-corrected chi connectivity index (χ0v) is 6.40. The van der Waals surface area contributed by atoms with Gasteiger partial charge in [-0.15, -0.1) is 0 Å². The second kappa shape index (κ2) is 2.21. The molecule has 10 heavy (non-hydrogen) atoms. The van der Waals surface area contributed by atoms with E-state index in [1.807, 2.05) is 0 Å². The van der Waals surface area contributed by atoms with Crippen LogP contribution in [-0.4, -0.2) is 31.1 Å². The SMILES string of the molecule is [CH2]N1CCC2(CCNC2)C1. The molecule has 0 aromatic heterocycles. The van der Waals surface area contributed by atoms with Crippen molar-refractivity contribution in [1.29, 1.82) is 0 Å². The molecule has 57 valence electrons. The molecule has 1 unspecified atom stereocenters. The van der Waals surface area contributed by atoms with Crippen LogP contribution in [0.5, 0.6) is 0 Å². The van der Waals surface area contributed by atoms with Gasteiger partial charge in [0.15, 0.2) is 0 Å². The van der Waals surface area contributed by atoms with Gasteiger partial charge in [-0.25, -0.2) is 0 Å². The van der Waals surface area contributed by atoms with Crippen molar-refractivity contribution in [2.75, 3.05) is 26.2 Å². The van der Waals surface area contributed by atoms with E-state index >= 15 is 0 Å². The monoisotopic (exact) mass is 139 g/mol. The number of hydrogen-bond donors (Lipinski definition) is 1. The highest BCUT2D eigenvalue weighted by Crippen LogP contribution is 2.35. The van der Waals surface area contributed by atoms with E-state index in [4.69, 9.17) is 0 Å². The summed E-state index contributed by atoms with van der Waals surface area (Å²) in [4.78, 5) is 2.20. The molecule has 2 fully saturated rings. The van der Waals surface area contributed by atoms with Crippen LogP contribution in [0.15, 0.2) is 0 Å². The van der Waals surface area contributed by atoms with Gasteiger partial charge in [0.05, 0.1) is 0 Å². The lowest BCUT2D eigenvalue weighted by Gasteiger charge is -2.20. The van der Waals surface area contributed by atoms with Gasteiger partial charge in [-0.05, 0) is 31.3 Å². The van der Waals surface area contributed by atoms with Gasteiger partial charge in [0, 0.05) is 20.1 Å². The zero-order chi connectivity index (χ0) is 7.03. The van der Waals surface area contributed by atoms with Crippen LogP contribution in [-0.2, 0) is 0 Å². The van der Waals surface area contributed by atoms with Gasteiger partial charge in [-0.1, -0.05) is 0 Å². The third-order valence-electron chi connectivity index (χ3n) is 2.85. The average molecular weight is 139 g/mol. The molecule has 0 aromatic carbocycles. The lowest BCUT2D eigenvalue weighted by molar-refractivity contribution is 0.323. The molecular formula is C8H15N2. The molecule has 1 radical (unpaired) electrons. The smallest absolute Gasteiger partial charge is 0.0110 e. The van der Waals surface area contributed by atoms with Gasteiger partial charge in [0.2, 0.25) is 0 Å². The Morgan fingerprint density at radius 3 is 2.80 bits per heavy atom. The molecule has 1 N–H and O–H groups in total. The quantitative estimate of drug-likeness (QED) is 0.524. The summed E-state index contributed by atoms with van der Waals surface area (Å²) in [5.74, 6) is 0. The van der Waals surface area contributed by atoms with Gasteiger partial charge in [-0.2, -0.15) is 0 Å². The van der Waals surface area contributed by atoms with E-state index in [0.717, 1.165) is 0 Å². The summed E-state index contributed by atoms with van der Waals surface area (Å²) >= 11 is 0. The molecule has 0 aromatic rings. The standard InChI is InChI=1S/C8H15N2/c1-10-5-3-8(7-10)2-4-9-6-8/h9H,1-7H2. The zero-order valence-electron chi connectivity index (χ0n) is 6.40. The second-order valence-corrected chi connectivity index (χ2v) is 3.73. The van der Waals surface area contributed by atoms with E-state index in [2.05, 4.69) is 17.3 Å². The summed E-state index contributed by atoms with van der Waals surface area (Å²) in [7, 11) is 3.96. The van der Waals surface area contributed by atoms with Crippen molar-refractivity contribution in [1.82, 2.24) is 10.2 Å². The predicted molar refractivity (Wildman–Crippen MR) is 41.5 cm³/mol. The van der Waals surface area contributed by atoms with Crippen molar-refractivity contribution in [3.05, 3.63) is 7.05 Å². The Morgan fingerprint density at radius 2 is 2.30 bits per heavy atom. The van der Waals surface area contributed by atoms with Gasteiger partial charge >= 0.3 is 0 Å². The van der Waals surface area contributed by atoms with Crippen LogP contribution in [0.4, 0.5) is 0 Å². The predicted octanol–water partition coefficient (Wildman–Crippen LogP) is 0.463. The minimum atomic E-state index is 0.613. The first-order chi connectivity index (χ1) is 4.81. The van der Waals surface area contributed by atoms with E-state index in [9.17, 15) is 0 Å². The maximum absolute atomic E-state index is 3.96. The maximum Gasteiger partial charge on any atom is 0.0110 e. The fourth-order valence-electron chi connectivity index (χ4n) is 2.17. The molecule has 2 nitrogen and oxygen atoms in total. The van der Waals surface area contributed by atoms with Crippen molar-refractivity contribution in [2.24, 2.45) is 5.41 Å². The molecule has 0 amide bonds. The summed E-state index contributed by atoms with van der Waals surface area (Å²) in [5, 5.41) is 3.42. The highest BCUT2D eigenvalue weighted by molar-refractivity contribution is 4.95. The molecule has 2 heteroatoms. The van der Waals surface area contributed by atoms with Crippen molar-refractivity contribution in [3.63, 3.8) is 0 Å². The van der Waals surface area contributed by atoms with Crippen LogP contribution in [0, 0.1) is 12.5 Å². The van der Waals surface area contributed by atoms with E-state index < -0.39 is 0 Å². The molecule has 0 bridgehead atoms. The van der Waals surface area contributed by atoms with Crippen LogP contribution in [0.1, 0.15) is 12.8 Å². The molecule has 2 heterocycles. The van der Waals surface area contributed by atoms with Crippen molar-refractivity contribution in [3.8, 4) is 0 Å². The van der Waals surface area contributed by atoms with Crippen molar-refractivity contribution in [2.45, 2.75) is 12.8 Å². The Hall–Kier alpha value is -0.0800. The Labute approximate surface area is 62.6 Å². The molecule has 2 rings (SSSR count). The maximum atomic E-state index is 3.96. The van der Waals surface area contributed by atoms with Crippen LogP contribution in [0.2, 0.25) is 0 Å². The number of likely N-dealkylation sites (tertiary alicyclic amines) is 1. The van der Waals surface area contributed by atoms with E-state index in [-0.39, 0.29) is 0 Å². The van der Waals surface area contributed by atoms with Gasteiger partial charge < -0.3 is 10.2 Å². The van der Waals surface area contributed by atoms with Crippen molar-refractivity contribution < 1.29 is 0 Å². The summed E-state index contributed by atoms with van der Waals surface area (Å²) < 4.78 is 0. The molecule has 2 aliphatic rings. The molecule has 1 atom stereocenters. The normalized spacial score (nSPS) is 41.7. The second-order valence-electron chi connectivity index (χ2n) is 3.73. The van der Waals surface area contributed by atoms with Crippen LogP contribution >= 0.6 is 0 Å². The fourth-order valence-corrected chi connectivity index (χ4v) is 2.17. The Kier molecular flexibility index (Phi) is 1.46. The Morgan fingerprint density at radius 1 is 1.40 bits per heavy atom. The lowest BCUT2D eigenvalue weighted by Crippen LogP contribution is -2.26. The first-order valence-electron chi connectivity index (χ1n) is 4.07. The van der Waals surface area contributed by atoms with Crippen LogP contribution < -0.4 is 5.32 Å². The van der Waals surface area contributed by atoms with Gasteiger partial charge in [0.25, 0.3) is 0 Å². The van der Waals surface area contributed by atoms with Crippen LogP contribution in [0.3, 0.4) is 0 Å². The third kappa shape index (κ3) is 0.956. The first-order valence-corrected chi connectivity index (χ1v) is 4.07. The fraction of sp³-hybridized carbons (Fsp3) is 0.875. The minimum Gasteiger partial charge on any atom is -0.316 e. The summed E-state index contributed by atoms with van der Waals surface area (Å²) in [6, 6.07) is 0. The van der Waals surface area contributed by atoms with E-state index in [1.165, 1.54) is 39.0 Å². The summed E-state index contributed by atoms with van der Waals surface area (Å²) in [6.07, 6.45) is 2.71. The topological polar surface area (TPSA) is 15.3 Å². The summed E-state index contributed by atoms with van der Waals surface area (Å²) in [5.41, 5.74) is 0.613.